The van der Waals surface area contributed by atoms with Gasteiger partial charge in [-0.1, -0.05) is 24.3 Å². The summed E-state index contributed by atoms with van der Waals surface area (Å²) in [5.41, 5.74) is 2.64. The zero-order valence-corrected chi connectivity index (χ0v) is 11.4. The number of aryl methyl sites for hydroxylation is 2. The molecular weight excluding hydrogens is 244 g/mol. The predicted molar refractivity (Wildman–Crippen MR) is 73.2 cm³/mol. The van der Waals surface area contributed by atoms with Gasteiger partial charge in [-0.05, 0) is 37.5 Å². The fraction of sp³-hybridized carbons (Fsp3) is 0.333. The van der Waals surface area contributed by atoms with Crippen molar-refractivity contribution in [2.24, 2.45) is 0 Å². The Morgan fingerprint density at radius 2 is 1.84 bits per heavy atom. The van der Waals surface area contributed by atoms with Gasteiger partial charge in [0.2, 0.25) is 0 Å². The van der Waals surface area contributed by atoms with Gasteiger partial charge in [0.15, 0.2) is 0 Å². The number of carboxylic acid groups (broad SMARTS) is 1. The van der Waals surface area contributed by atoms with E-state index in [-0.39, 0.29) is 12.4 Å². The number of carboxylic acids is 1. The van der Waals surface area contributed by atoms with E-state index in [2.05, 4.69) is 0 Å². The third-order valence-electron chi connectivity index (χ3n) is 2.67. The average molecular weight is 262 g/mol. The van der Waals surface area contributed by atoms with Crippen LogP contribution in [-0.4, -0.2) is 23.7 Å². The van der Waals surface area contributed by atoms with Crippen molar-refractivity contribution in [2.75, 3.05) is 6.61 Å². The van der Waals surface area contributed by atoms with Crippen molar-refractivity contribution in [1.82, 2.24) is 0 Å². The van der Waals surface area contributed by atoms with E-state index in [4.69, 9.17) is 9.84 Å². The van der Waals surface area contributed by atoms with Gasteiger partial charge in [0.1, 0.15) is 0 Å². The molecule has 1 rings (SSSR count). The lowest BCUT2D eigenvalue weighted by Crippen LogP contribution is -2.03. The molecule has 0 aliphatic heterocycles. The number of benzene rings is 1. The van der Waals surface area contributed by atoms with Crippen molar-refractivity contribution in [3.8, 4) is 0 Å². The molecule has 0 aliphatic rings. The zero-order valence-electron chi connectivity index (χ0n) is 11.4. The quantitative estimate of drug-likeness (QED) is 0.828. The first-order valence-corrected chi connectivity index (χ1v) is 6.12. The van der Waals surface area contributed by atoms with Gasteiger partial charge >= 0.3 is 11.9 Å². The third kappa shape index (κ3) is 4.25. The SMILES string of the molecule is CCOC(=O)CC=Cc1cc(C)c(C(=O)O)c(C)c1. The highest BCUT2D eigenvalue weighted by Gasteiger charge is 2.10. The van der Waals surface area contributed by atoms with Crippen LogP contribution in [0.2, 0.25) is 0 Å². The van der Waals surface area contributed by atoms with Gasteiger partial charge < -0.3 is 9.84 Å². The first-order valence-electron chi connectivity index (χ1n) is 6.12. The van der Waals surface area contributed by atoms with Crippen LogP contribution in [0.15, 0.2) is 18.2 Å². The summed E-state index contributed by atoms with van der Waals surface area (Å²) in [4.78, 5) is 22.2. The Balaban J connectivity index is 2.84. The number of aromatic carboxylic acids is 1. The lowest BCUT2D eigenvalue weighted by molar-refractivity contribution is -0.142. The van der Waals surface area contributed by atoms with Crippen LogP contribution in [0.1, 0.15) is 40.4 Å². The Labute approximate surface area is 112 Å². The van der Waals surface area contributed by atoms with Gasteiger partial charge in [-0.15, -0.1) is 0 Å². The molecule has 0 fully saturated rings. The van der Waals surface area contributed by atoms with E-state index in [0.717, 1.165) is 5.56 Å². The topological polar surface area (TPSA) is 63.6 Å². The minimum atomic E-state index is -0.919. The maximum Gasteiger partial charge on any atom is 0.336 e. The molecule has 0 radical (unpaired) electrons. The first kappa shape index (κ1) is 15.0. The average Bonchev–Trinajstić information content (AvgIpc) is 2.27. The van der Waals surface area contributed by atoms with Crippen molar-refractivity contribution in [3.63, 3.8) is 0 Å². The highest BCUT2D eigenvalue weighted by Crippen LogP contribution is 2.18. The van der Waals surface area contributed by atoms with Gasteiger partial charge in [-0.2, -0.15) is 0 Å². The van der Waals surface area contributed by atoms with Crippen LogP contribution in [0.5, 0.6) is 0 Å². The molecule has 0 saturated carbocycles. The summed E-state index contributed by atoms with van der Waals surface area (Å²) in [7, 11) is 0. The molecule has 0 atom stereocenters. The molecule has 0 spiro atoms. The van der Waals surface area contributed by atoms with E-state index in [1.165, 1.54) is 0 Å². The van der Waals surface area contributed by atoms with Crippen molar-refractivity contribution >= 4 is 18.0 Å². The van der Waals surface area contributed by atoms with Crippen LogP contribution in [0, 0.1) is 13.8 Å². The van der Waals surface area contributed by atoms with Crippen LogP contribution in [0.4, 0.5) is 0 Å². The molecular formula is C15H18O4. The molecule has 1 aromatic carbocycles. The normalized spacial score (nSPS) is 10.7. The second-order valence-corrected chi connectivity index (χ2v) is 4.25. The summed E-state index contributed by atoms with van der Waals surface area (Å²) >= 11 is 0. The minimum absolute atomic E-state index is 0.215. The van der Waals surface area contributed by atoms with Crippen molar-refractivity contribution in [1.29, 1.82) is 0 Å². The fourth-order valence-corrected chi connectivity index (χ4v) is 1.94. The van der Waals surface area contributed by atoms with Crippen molar-refractivity contribution in [2.45, 2.75) is 27.2 Å². The maximum absolute atomic E-state index is 11.2. The highest BCUT2D eigenvalue weighted by atomic mass is 16.5. The van der Waals surface area contributed by atoms with Gasteiger partial charge in [-0.3, -0.25) is 4.79 Å². The lowest BCUT2D eigenvalue weighted by Gasteiger charge is -2.06. The number of hydrogen-bond donors (Lipinski definition) is 1. The summed E-state index contributed by atoms with van der Waals surface area (Å²) < 4.78 is 4.81. The molecule has 0 saturated heterocycles. The Morgan fingerprint density at radius 3 is 2.32 bits per heavy atom. The molecule has 0 unspecified atom stereocenters. The molecule has 0 aromatic heterocycles. The minimum Gasteiger partial charge on any atom is -0.478 e. The summed E-state index contributed by atoms with van der Waals surface area (Å²) in [6.07, 6.45) is 3.72. The highest BCUT2D eigenvalue weighted by molar-refractivity contribution is 5.91. The second kappa shape index (κ2) is 6.73. The smallest absolute Gasteiger partial charge is 0.336 e. The second-order valence-electron chi connectivity index (χ2n) is 4.25. The Kier molecular flexibility index (Phi) is 5.30. The van der Waals surface area contributed by atoms with E-state index >= 15 is 0 Å². The van der Waals surface area contributed by atoms with E-state index in [1.807, 2.05) is 0 Å². The Bertz CT molecular complexity index is 492. The first-order chi connectivity index (χ1) is 8.95. The summed E-state index contributed by atoms with van der Waals surface area (Å²) in [5, 5.41) is 9.07. The molecule has 0 heterocycles. The van der Waals surface area contributed by atoms with Crippen LogP contribution in [0.25, 0.3) is 6.08 Å². The van der Waals surface area contributed by atoms with Crippen LogP contribution in [-0.2, 0) is 9.53 Å². The van der Waals surface area contributed by atoms with Gasteiger partial charge in [0.25, 0.3) is 0 Å². The van der Waals surface area contributed by atoms with E-state index in [1.54, 1.807) is 45.1 Å². The van der Waals surface area contributed by atoms with E-state index < -0.39 is 5.97 Å². The predicted octanol–water partition coefficient (Wildman–Crippen LogP) is 2.97. The monoisotopic (exact) mass is 262 g/mol. The molecule has 0 bridgehead atoms. The van der Waals surface area contributed by atoms with Gasteiger partial charge in [-0.25, -0.2) is 4.79 Å². The molecule has 0 aliphatic carbocycles. The van der Waals surface area contributed by atoms with Crippen LogP contribution >= 0.6 is 0 Å². The van der Waals surface area contributed by atoms with Crippen LogP contribution < -0.4 is 0 Å². The molecule has 4 nitrogen and oxygen atoms in total. The summed E-state index contributed by atoms with van der Waals surface area (Å²) in [6.45, 7) is 5.66. The van der Waals surface area contributed by atoms with E-state index in [9.17, 15) is 9.59 Å². The Morgan fingerprint density at radius 1 is 1.26 bits per heavy atom. The molecule has 1 N–H and O–H groups in total. The molecule has 4 heteroatoms. The van der Waals surface area contributed by atoms with E-state index in [0.29, 0.717) is 23.3 Å². The fourth-order valence-electron chi connectivity index (χ4n) is 1.94. The molecule has 0 amide bonds. The van der Waals surface area contributed by atoms with Gasteiger partial charge in [0.05, 0.1) is 18.6 Å². The largest absolute Gasteiger partial charge is 0.478 e. The zero-order chi connectivity index (χ0) is 14.4. The van der Waals surface area contributed by atoms with Gasteiger partial charge in [0, 0.05) is 0 Å². The number of ether oxygens (including phenoxy) is 1. The summed E-state index contributed by atoms with van der Waals surface area (Å²) in [6, 6.07) is 3.58. The lowest BCUT2D eigenvalue weighted by atomic mass is 9.99. The van der Waals surface area contributed by atoms with Crippen molar-refractivity contribution in [3.05, 3.63) is 40.5 Å². The number of rotatable bonds is 5. The number of esters is 1. The standard InChI is InChI=1S/C15H18O4/c1-4-19-13(16)7-5-6-12-8-10(2)14(15(17)18)11(3)9-12/h5-6,8-9H,4,7H2,1-3H3,(H,17,18). The number of carbonyl (C=O) groups excluding carboxylic acids is 1. The van der Waals surface area contributed by atoms with Crippen LogP contribution in [0.3, 0.4) is 0 Å². The number of hydrogen-bond acceptors (Lipinski definition) is 3. The number of carbonyl (C=O) groups is 2. The third-order valence-corrected chi connectivity index (χ3v) is 2.67. The molecule has 1 aromatic rings. The summed E-state index contributed by atoms with van der Waals surface area (Å²) in [5.74, 6) is -1.19. The molecule has 102 valence electrons. The molecule has 19 heavy (non-hydrogen) atoms. The maximum atomic E-state index is 11.2. The van der Waals surface area contributed by atoms with Crippen molar-refractivity contribution < 1.29 is 19.4 Å². The Hall–Kier alpha value is -2.10.